The maximum Gasteiger partial charge on any atom is 0.319 e. The van der Waals surface area contributed by atoms with Crippen LogP contribution in [-0.2, 0) is 33.3 Å². The lowest BCUT2D eigenvalue weighted by Crippen LogP contribution is -2.56. The third kappa shape index (κ3) is 3.48. The molecule has 170 valence electrons. The smallest absolute Gasteiger partial charge is 0.319 e. The number of nitrogens with zero attached hydrogens (tertiary/aromatic N) is 1. The summed E-state index contributed by atoms with van der Waals surface area (Å²) < 4.78 is 23.4. The fourth-order valence-corrected chi connectivity index (χ4v) is 5.98. The van der Waals surface area contributed by atoms with Crippen LogP contribution in [0.5, 0.6) is 0 Å². The van der Waals surface area contributed by atoms with E-state index in [9.17, 15) is 14.4 Å². The van der Waals surface area contributed by atoms with Gasteiger partial charge in [-0.15, -0.1) is 0 Å². The van der Waals surface area contributed by atoms with Crippen LogP contribution >= 0.6 is 0 Å². The Hall–Kier alpha value is -1.93. The van der Waals surface area contributed by atoms with Crippen molar-refractivity contribution in [1.29, 1.82) is 0 Å². The first-order chi connectivity index (χ1) is 14.7. The van der Waals surface area contributed by atoms with Crippen LogP contribution in [0.3, 0.4) is 0 Å². The van der Waals surface area contributed by atoms with Gasteiger partial charge >= 0.3 is 17.9 Å². The zero-order chi connectivity index (χ0) is 22.1. The quantitative estimate of drug-likeness (QED) is 0.370. The van der Waals surface area contributed by atoms with Gasteiger partial charge < -0.3 is 18.9 Å². The van der Waals surface area contributed by atoms with Crippen LogP contribution in [0.1, 0.15) is 47.0 Å². The molecule has 0 N–H and O–H groups in total. The van der Waals surface area contributed by atoms with E-state index >= 15 is 0 Å². The summed E-state index contributed by atoms with van der Waals surface area (Å²) in [7, 11) is 0. The third-order valence-electron chi connectivity index (χ3n) is 7.83. The number of likely N-dealkylation sites (tertiary alicyclic amines) is 1. The summed E-state index contributed by atoms with van der Waals surface area (Å²) in [5, 5.41) is 0. The summed E-state index contributed by atoms with van der Waals surface area (Å²) in [4.78, 5) is 39.8. The lowest BCUT2D eigenvalue weighted by molar-refractivity contribution is -0.158. The molecule has 5 aliphatic rings. The Labute approximate surface area is 182 Å². The fourth-order valence-electron chi connectivity index (χ4n) is 5.98. The Bertz CT molecular complexity index is 832. The molecule has 0 spiro atoms. The van der Waals surface area contributed by atoms with Gasteiger partial charge in [-0.2, -0.15) is 0 Å². The molecule has 0 aromatic carbocycles. The Morgan fingerprint density at radius 2 is 1.90 bits per heavy atom. The molecular formula is C23H31NO7. The first-order valence-corrected chi connectivity index (χ1v) is 11.4. The molecule has 2 bridgehead atoms. The number of esters is 3. The average molecular weight is 434 g/mol. The van der Waals surface area contributed by atoms with Crippen LogP contribution in [0.15, 0.2) is 11.8 Å². The number of piperidine rings is 1. The predicted molar refractivity (Wildman–Crippen MR) is 107 cm³/mol. The number of hydrogen-bond acceptors (Lipinski definition) is 8. The number of fused-ring (bicyclic) bond motifs is 4. The van der Waals surface area contributed by atoms with Gasteiger partial charge in [0.2, 0.25) is 0 Å². The van der Waals surface area contributed by atoms with Crippen LogP contribution < -0.4 is 0 Å². The zero-order valence-corrected chi connectivity index (χ0v) is 18.5. The predicted octanol–water partition coefficient (Wildman–Crippen LogP) is 1.81. The topological polar surface area (TPSA) is 94.7 Å². The molecule has 8 heteroatoms. The van der Waals surface area contributed by atoms with Crippen molar-refractivity contribution >= 4 is 17.9 Å². The first kappa shape index (κ1) is 20.9. The molecule has 0 aromatic rings. The van der Waals surface area contributed by atoms with Crippen molar-refractivity contribution in [3.05, 3.63) is 11.8 Å². The van der Waals surface area contributed by atoms with E-state index < -0.39 is 29.7 Å². The van der Waals surface area contributed by atoms with Crippen molar-refractivity contribution in [3.8, 4) is 0 Å². The summed E-state index contributed by atoms with van der Waals surface area (Å²) in [6.45, 7) is 9.06. The van der Waals surface area contributed by atoms with Gasteiger partial charge in [0, 0.05) is 13.3 Å². The number of carbonyl (C=O) groups excluding carboxylic acids is 3. The lowest BCUT2D eigenvalue weighted by Gasteiger charge is -2.41. The second kappa shape index (κ2) is 7.30. The number of carbonyl (C=O) groups is 3. The SMILES string of the molecule is CC(=O)OC1C(N2CCC(C)CC2)C2C=C(OC2=O)C2C(CC3(C)OC13)OC(=O)C2C. The third-order valence-corrected chi connectivity index (χ3v) is 7.83. The Balaban J connectivity index is 1.57. The fraction of sp³-hybridized carbons (Fsp3) is 0.783. The van der Waals surface area contributed by atoms with Crippen molar-refractivity contribution in [2.24, 2.45) is 23.7 Å². The molecule has 0 saturated carbocycles. The monoisotopic (exact) mass is 433 g/mol. The first-order valence-electron chi connectivity index (χ1n) is 11.4. The molecule has 0 radical (unpaired) electrons. The molecule has 3 saturated heterocycles. The minimum atomic E-state index is -0.602. The summed E-state index contributed by atoms with van der Waals surface area (Å²) >= 11 is 0. The Morgan fingerprint density at radius 1 is 1.19 bits per heavy atom. The zero-order valence-electron chi connectivity index (χ0n) is 18.5. The van der Waals surface area contributed by atoms with Gasteiger partial charge in [-0.3, -0.25) is 19.3 Å². The van der Waals surface area contributed by atoms with Crippen LogP contribution in [0.25, 0.3) is 0 Å². The van der Waals surface area contributed by atoms with E-state index in [2.05, 4.69) is 11.8 Å². The highest BCUT2D eigenvalue weighted by Gasteiger charge is 2.65. The van der Waals surface area contributed by atoms with Crippen molar-refractivity contribution in [1.82, 2.24) is 4.90 Å². The van der Waals surface area contributed by atoms with Gasteiger partial charge in [0.05, 0.1) is 29.4 Å². The van der Waals surface area contributed by atoms with E-state index in [1.807, 2.05) is 19.9 Å². The number of ether oxygens (including phenoxy) is 4. The van der Waals surface area contributed by atoms with Crippen LogP contribution in [0, 0.1) is 23.7 Å². The second-order valence-electron chi connectivity index (χ2n) is 10.1. The van der Waals surface area contributed by atoms with Gasteiger partial charge in [0.15, 0.2) is 0 Å². The molecule has 8 atom stereocenters. The van der Waals surface area contributed by atoms with Gasteiger partial charge in [-0.1, -0.05) is 13.8 Å². The molecule has 0 amide bonds. The summed E-state index contributed by atoms with van der Waals surface area (Å²) in [6, 6.07) is -0.363. The molecule has 8 unspecified atom stereocenters. The van der Waals surface area contributed by atoms with Crippen LogP contribution in [0.4, 0.5) is 0 Å². The highest BCUT2D eigenvalue weighted by Crippen LogP contribution is 2.52. The average Bonchev–Trinajstić information content (AvgIpc) is 3.09. The summed E-state index contributed by atoms with van der Waals surface area (Å²) in [6.07, 6.45) is 2.97. The maximum absolute atomic E-state index is 13.1. The van der Waals surface area contributed by atoms with Crippen molar-refractivity contribution < 1.29 is 33.3 Å². The minimum Gasteiger partial charge on any atom is -0.461 e. The minimum absolute atomic E-state index is 0.284. The van der Waals surface area contributed by atoms with Crippen molar-refractivity contribution in [2.45, 2.75) is 76.9 Å². The van der Waals surface area contributed by atoms with Gasteiger partial charge in [-0.25, -0.2) is 0 Å². The van der Waals surface area contributed by atoms with E-state index in [4.69, 9.17) is 18.9 Å². The van der Waals surface area contributed by atoms with Gasteiger partial charge in [-0.05, 0) is 44.8 Å². The summed E-state index contributed by atoms with van der Waals surface area (Å²) in [5.74, 6) is -1.18. The largest absolute Gasteiger partial charge is 0.461 e. The molecule has 8 nitrogen and oxygen atoms in total. The van der Waals surface area contributed by atoms with E-state index in [0.717, 1.165) is 25.9 Å². The number of epoxide rings is 1. The van der Waals surface area contributed by atoms with E-state index in [1.165, 1.54) is 6.92 Å². The molecule has 5 rings (SSSR count). The van der Waals surface area contributed by atoms with Crippen LogP contribution in [-0.4, -0.2) is 65.9 Å². The van der Waals surface area contributed by atoms with Crippen molar-refractivity contribution in [3.63, 3.8) is 0 Å². The van der Waals surface area contributed by atoms with E-state index in [-0.39, 0.29) is 35.9 Å². The lowest BCUT2D eigenvalue weighted by atomic mass is 9.79. The van der Waals surface area contributed by atoms with E-state index in [1.54, 1.807) is 0 Å². The Morgan fingerprint density at radius 3 is 2.58 bits per heavy atom. The molecule has 4 aliphatic heterocycles. The molecule has 31 heavy (non-hydrogen) atoms. The standard InChI is InChI=1S/C23H31NO7/c1-11-5-7-24(8-6-11)18-14-9-15(29-22(14)27)17-12(2)21(26)30-16(17)10-23(4)20(31-23)19(18)28-13(3)25/h9,11-12,14,16-20H,5-8,10H2,1-4H3. The molecule has 4 heterocycles. The molecular weight excluding hydrogens is 402 g/mol. The molecule has 0 aromatic heterocycles. The van der Waals surface area contributed by atoms with E-state index in [0.29, 0.717) is 18.1 Å². The van der Waals surface area contributed by atoms with Crippen LogP contribution in [0.2, 0.25) is 0 Å². The molecule has 1 aliphatic carbocycles. The number of hydrogen-bond donors (Lipinski definition) is 0. The van der Waals surface area contributed by atoms with Crippen molar-refractivity contribution in [2.75, 3.05) is 13.1 Å². The normalized spacial score (nSPS) is 45.2. The Kier molecular flexibility index (Phi) is 4.93. The highest BCUT2D eigenvalue weighted by atomic mass is 16.6. The maximum atomic E-state index is 13.1. The van der Waals surface area contributed by atoms with Gasteiger partial charge in [0.25, 0.3) is 0 Å². The summed E-state index contributed by atoms with van der Waals surface area (Å²) in [5.41, 5.74) is -0.588. The van der Waals surface area contributed by atoms with Gasteiger partial charge in [0.1, 0.15) is 24.1 Å². The second-order valence-corrected chi connectivity index (χ2v) is 10.1. The number of rotatable bonds is 2. The highest BCUT2D eigenvalue weighted by molar-refractivity contribution is 5.81. The molecule has 3 fully saturated rings.